The Labute approximate surface area is 135 Å². The van der Waals surface area contributed by atoms with Gasteiger partial charge in [0.15, 0.2) is 0 Å². The van der Waals surface area contributed by atoms with E-state index in [1.54, 1.807) is 4.90 Å². The molecule has 0 aliphatic carbocycles. The van der Waals surface area contributed by atoms with Crippen LogP contribution in [-0.2, 0) is 4.79 Å². The molecular weight excluding hydrogens is 332 g/mol. The zero-order chi connectivity index (χ0) is 15.3. The highest BCUT2D eigenvalue weighted by atomic mass is 79.9. The van der Waals surface area contributed by atoms with Crippen molar-refractivity contribution in [3.63, 3.8) is 0 Å². The zero-order valence-corrected chi connectivity index (χ0v) is 14.3. The molecular formula is C16H23BrN2O2. The predicted molar refractivity (Wildman–Crippen MR) is 87.5 cm³/mol. The van der Waals surface area contributed by atoms with Crippen LogP contribution in [0.1, 0.15) is 19.8 Å². The van der Waals surface area contributed by atoms with Gasteiger partial charge in [-0.1, -0.05) is 22.9 Å². The lowest BCUT2D eigenvalue weighted by molar-refractivity contribution is -0.140. The maximum atomic E-state index is 12.6. The first-order chi connectivity index (χ1) is 10.1. The van der Waals surface area contributed by atoms with Gasteiger partial charge in [-0.2, -0.15) is 0 Å². The van der Waals surface area contributed by atoms with Crippen LogP contribution < -0.4 is 10.1 Å². The van der Waals surface area contributed by atoms with Crippen LogP contribution in [0.3, 0.4) is 0 Å². The molecule has 1 saturated heterocycles. The Balaban J connectivity index is 1.82. The average Bonchev–Trinajstić information content (AvgIpc) is 2.98. The van der Waals surface area contributed by atoms with E-state index in [2.05, 4.69) is 28.2 Å². The van der Waals surface area contributed by atoms with Crippen molar-refractivity contribution < 1.29 is 9.53 Å². The number of amides is 1. The minimum atomic E-state index is -0.216. The maximum Gasteiger partial charge on any atom is 0.229 e. The van der Waals surface area contributed by atoms with Gasteiger partial charge in [0.05, 0.1) is 12.0 Å². The summed E-state index contributed by atoms with van der Waals surface area (Å²) in [5.41, 5.74) is -0.216. The van der Waals surface area contributed by atoms with Crippen molar-refractivity contribution in [3.05, 3.63) is 28.7 Å². The molecule has 1 fully saturated rings. The van der Waals surface area contributed by atoms with Crippen molar-refractivity contribution in [3.8, 4) is 5.75 Å². The molecule has 4 nitrogen and oxygen atoms in total. The zero-order valence-electron chi connectivity index (χ0n) is 12.7. The van der Waals surface area contributed by atoms with E-state index in [-0.39, 0.29) is 11.3 Å². The number of halogens is 1. The Morgan fingerprint density at radius 3 is 2.71 bits per heavy atom. The summed E-state index contributed by atoms with van der Waals surface area (Å²) in [6.07, 6.45) is 1.82. The van der Waals surface area contributed by atoms with Gasteiger partial charge in [-0.05, 0) is 43.7 Å². The summed E-state index contributed by atoms with van der Waals surface area (Å²) in [4.78, 5) is 14.4. The molecule has 0 radical (unpaired) electrons. The molecule has 0 bridgehead atoms. The van der Waals surface area contributed by atoms with E-state index in [0.717, 1.165) is 36.2 Å². The second-order valence-electron chi connectivity index (χ2n) is 5.59. The Morgan fingerprint density at radius 2 is 2.14 bits per heavy atom. The summed E-state index contributed by atoms with van der Waals surface area (Å²) in [6, 6.07) is 7.72. The molecule has 1 aliphatic rings. The van der Waals surface area contributed by atoms with Crippen LogP contribution in [0, 0.1) is 5.41 Å². The molecule has 21 heavy (non-hydrogen) atoms. The van der Waals surface area contributed by atoms with Gasteiger partial charge in [0.1, 0.15) is 12.4 Å². The van der Waals surface area contributed by atoms with E-state index in [1.165, 1.54) is 0 Å². The molecule has 0 saturated carbocycles. The van der Waals surface area contributed by atoms with Gasteiger partial charge in [-0.3, -0.25) is 4.79 Å². The quantitative estimate of drug-likeness (QED) is 0.853. The number of nitrogens with one attached hydrogen (secondary N) is 1. The molecule has 0 spiro atoms. The van der Waals surface area contributed by atoms with Crippen LogP contribution in [0.5, 0.6) is 5.75 Å². The summed E-state index contributed by atoms with van der Waals surface area (Å²) in [7, 11) is 1.86. The first-order valence-electron chi connectivity index (χ1n) is 7.42. The number of carbonyl (C=O) groups excluding carboxylic acids is 1. The molecule has 1 aromatic rings. The molecule has 2 rings (SSSR count). The number of hydrogen-bond donors (Lipinski definition) is 1. The van der Waals surface area contributed by atoms with E-state index in [1.807, 2.05) is 31.3 Å². The number of nitrogens with zero attached hydrogens (tertiary/aromatic N) is 1. The molecule has 1 unspecified atom stereocenters. The molecule has 1 atom stereocenters. The van der Waals surface area contributed by atoms with E-state index < -0.39 is 0 Å². The first-order valence-corrected chi connectivity index (χ1v) is 8.21. The molecule has 1 amide bonds. The predicted octanol–water partition coefficient (Wildman–Crippen LogP) is 2.68. The van der Waals surface area contributed by atoms with Crippen LogP contribution >= 0.6 is 15.9 Å². The van der Waals surface area contributed by atoms with Crippen molar-refractivity contribution in [1.82, 2.24) is 10.2 Å². The Bertz CT molecular complexity index is 470. The number of hydrogen-bond acceptors (Lipinski definition) is 3. The van der Waals surface area contributed by atoms with Crippen molar-refractivity contribution >= 4 is 21.8 Å². The molecule has 5 heteroatoms. The summed E-state index contributed by atoms with van der Waals surface area (Å²) in [5, 5.41) is 3.30. The minimum Gasteiger partial charge on any atom is -0.492 e. The first kappa shape index (κ1) is 16.3. The molecule has 1 aliphatic heterocycles. The summed E-state index contributed by atoms with van der Waals surface area (Å²) < 4.78 is 6.71. The number of rotatable bonds is 6. The lowest BCUT2D eigenvalue weighted by Crippen LogP contribution is -2.44. The van der Waals surface area contributed by atoms with Crippen LogP contribution in [0.25, 0.3) is 0 Å². The molecule has 1 heterocycles. The highest BCUT2D eigenvalue weighted by Gasteiger charge is 2.40. The average molecular weight is 355 g/mol. The third kappa shape index (κ3) is 3.98. The summed E-state index contributed by atoms with van der Waals surface area (Å²) in [5.74, 6) is 1.06. The Kier molecular flexibility index (Phi) is 5.65. The van der Waals surface area contributed by atoms with Gasteiger partial charge in [0, 0.05) is 18.1 Å². The fraction of sp³-hybridized carbons (Fsp3) is 0.562. The third-order valence-corrected chi connectivity index (χ3v) is 4.76. The second-order valence-corrected chi connectivity index (χ2v) is 6.51. The normalized spacial score (nSPS) is 21.3. The van der Waals surface area contributed by atoms with E-state index in [0.29, 0.717) is 13.2 Å². The third-order valence-electron chi connectivity index (χ3n) is 4.23. The minimum absolute atomic E-state index is 0.216. The summed E-state index contributed by atoms with van der Waals surface area (Å²) in [6.45, 7) is 4.94. The monoisotopic (exact) mass is 354 g/mol. The number of ether oxygens (including phenoxy) is 1. The number of benzene rings is 1. The van der Waals surface area contributed by atoms with Crippen molar-refractivity contribution in [2.45, 2.75) is 19.8 Å². The molecule has 1 N–H and O–H groups in total. The van der Waals surface area contributed by atoms with E-state index in [4.69, 9.17) is 4.74 Å². The summed E-state index contributed by atoms with van der Waals surface area (Å²) >= 11 is 3.39. The van der Waals surface area contributed by atoms with E-state index in [9.17, 15) is 4.79 Å². The van der Waals surface area contributed by atoms with Crippen LogP contribution in [-0.4, -0.2) is 44.1 Å². The molecule has 1 aromatic carbocycles. The van der Waals surface area contributed by atoms with Gasteiger partial charge in [0.25, 0.3) is 0 Å². The van der Waals surface area contributed by atoms with Gasteiger partial charge >= 0.3 is 0 Å². The smallest absolute Gasteiger partial charge is 0.229 e. The highest BCUT2D eigenvalue weighted by Crippen LogP contribution is 2.31. The Morgan fingerprint density at radius 1 is 1.43 bits per heavy atom. The Hall–Kier alpha value is -1.07. The van der Waals surface area contributed by atoms with Crippen LogP contribution in [0.2, 0.25) is 0 Å². The fourth-order valence-electron chi connectivity index (χ4n) is 2.72. The van der Waals surface area contributed by atoms with Crippen LogP contribution in [0.4, 0.5) is 0 Å². The van der Waals surface area contributed by atoms with E-state index >= 15 is 0 Å². The fourth-order valence-corrected chi connectivity index (χ4v) is 2.98. The highest BCUT2D eigenvalue weighted by molar-refractivity contribution is 9.10. The second kappa shape index (κ2) is 7.27. The lowest BCUT2D eigenvalue weighted by Gasteiger charge is -2.30. The van der Waals surface area contributed by atoms with Crippen molar-refractivity contribution in [1.29, 1.82) is 0 Å². The topological polar surface area (TPSA) is 41.6 Å². The SMILES string of the molecule is CCC1(C(=O)N(C)CCOc2ccc(Br)cc2)CCNC1. The largest absolute Gasteiger partial charge is 0.492 e. The van der Waals surface area contributed by atoms with Gasteiger partial charge in [0.2, 0.25) is 5.91 Å². The van der Waals surface area contributed by atoms with Gasteiger partial charge in [-0.15, -0.1) is 0 Å². The molecule has 0 aromatic heterocycles. The van der Waals surface area contributed by atoms with Gasteiger partial charge in [-0.25, -0.2) is 0 Å². The standard InChI is InChI=1S/C16H23BrN2O2/c1-3-16(8-9-18-12-16)15(20)19(2)10-11-21-14-6-4-13(17)5-7-14/h4-7,18H,3,8-12H2,1-2H3. The van der Waals surface area contributed by atoms with Crippen molar-refractivity contribution in [2.24, 2.45) is 5.41 Å². The molecule has 116 valence electrons. The number of likely N-dealkylation sites (N-methyl/N-ethyl adjacent to an activating group) is 1. The number of carbonyl (C=O) groups is 1. The van der Waals surface area contributed by atoms with Crippen molar-refractivity contribution in [2.75, 3.05) is 33.3 Å². The van der Waals surface area contributed by atoms with Gasteiger partial charge < -0.3 is 15.0 Å². The maximum absolute atomic E-state index is 12.6. The lowest BCUT2D eigenvalue weighted by atomic mass is 9.83. The van der Waals surface area contributed by atoms with Crippen LogP contribution in [0.15, 0.2) is 28.7 Å².